The molecule has 0 aliphatic rings. The summed E-state index contributed by atoms with van der Waals surface area (Å²) in [6.45, 7) is -0.567. The van der Waals surface area contributed by atoms with Gasteiger partial charge in [0.1, 0.15) is 18.6 Å². The summed E-state index contributed by atoms with van der Waals surface area (Å²) in [5.41, 5.74) is 7.42. The second-order valence-corrected chi connectivity index (χ2v) is 7.62. The van der Waals surface area contributed by atoms with Crippen LogP contribution >= 0.6 is 11.8 Å². The minimum Gasteiger partial charge on any atom is -0.480 e. The van der Waals surface area contributed by atoms with Gasteiger partial charge < -0.3 is 31.6 Å². The Morgan fingerprint density at radius 1 is 1.17 bits per heavy atom. The predicted octanol–water partition coefficient (Wildman–Crippen LogP) is 0.279. The van der Waals surface area contributed by atoms with Crippen molar-refractivity contribution in [3.05, 3.63) is 36.0 Å². The summed E-state index contributed by atoms with van der Waals surface area (Å²) in [4.78, 5) is 49.0. The fourth-order valence-electron chi connectivity index (χ4n) is 2.68. The Morgan fingerprint density at radius 3 is 2.60 bits per heavy atom. The molecule has 0 radical (unpaired) electrons. The van der Waals surface area contributed by atoms with Gasteiger partial charge in [0.05, 0.1) is 0 Å². The number of carboxylic acid groups (broad SMARTS) is 2. The lowest BCUT2D eigenvalue weighted by molar-refractivity contribution is -0.139. The van der Waals surface area contributed by atoms with E-state index >= 15 is 0 Å². The van der Waals surface area contributed by atoms with Gasteiger partial charge in [0, 0.05) is 35.0 Å². The molecule has 0 fully saturated rings. The zero-order valence-electron chi connectivity index (χ0n) is 16.1. The van der Waals surface area contributed by atoms with Crippen molar-refractivity contribution in [3.63, 3.8) is 0 Å². The van der Waals surface area contributed by atoms with Gasteiger partial charge in [-0.3, -0.25) is 19.2 Å². The number of H-pyrrole nitrogens is 1. The van der Waals surface area contributed by atoms with Crippen molar-refractivity contribution in [2.45, 2.75) is 30.7 Å². The topological polar surface area (TPSA) is 175 Å². The number of carboxylic acids is 2. The van der Waals surface area contributed by atoms with Crippen LogP contribution in [0.2, 0.25) is 0 Å². The molecule has 0 spiro atoms. The van der Waals surface area contributed by atoms with Crippen molar-refractivity contribution in [1.29, 1.82) is 0 Å². The van der Waals surface area contributed by atoms with E-state index in [0.717, 1.165) is 16.5 Å². The summed E-state index contributed by atoms with van der Waals surface area (Å²) in [5, 5.41) is 23.4. The minimum absolute atomic E-state index is 0.0763. The van der Waals surface area contributed by atoms with Gasteiger partial charge in [0.15, 0.2) is 0 Å². The van der Waals surface area contributed by atoms with Crippen LogP contribution in [-0.2, 0) is 24.9 Å². The number of aromatic nitrogens is 1. The molecule has 2 amide bonds. The minimum atomic E-state index is -1.21. The van der Waals surface area contributed by atoms with Crippen molar-refractivity contribution in [2.75, 3.05) is 12.3 Å². The molecule has 0 bridgehead atoms. The number of rotatable bonds is 12. The van der Waals surface area contributed by atoms with Gasteiger partial charge in [-0.05, 0) is 18.1 Å². The highest BCUT2D eigenvalue weighted by Gasteiger charge is 2.22. The number of carbonyl (C=O) groups excluding carboxylic acids is 2. The van der Waals surface area contributed by atoms with E-state index in [-0.39, 0.29) is 18.6 Å². The summed E-state index contributed by atoms with van der Waals surface area (Å²) >= 11 is 1.41. The first-order valence-electron chi connectivity index (χ1n) is 9.18. The molecule has 1 aromatic carbocycles. The van der Waals surface area contributed by atoms with Crippen LogP contribution in [0.25, 0.3) is 10.9 Å². The molecule has 2 atom stereocenters. The summed E-state index contributed by atoms with van der Waals surface area (Å²) in [6.07, 6.45) is 1.64. The number of hydrogen-bond donors (Lipinski definition) is 6. The fraction of sp³-hybridized carbons (Fsp3) is 0.368. The first kappa shape index (κ1) is 23.2. The van der Waals surface area contributed by atoms with Gasteiger partial charge in [0.2, 0.25) is 11.8 Å². The lowest BCUT2D eigenvalue weighted by Gasteiger charge is -2.18. The Balaban J connectivity index is 1.94. The number of fused-ring (bicyclic) bond motifs is 1. The Bertz CT molecular complexity index is 915. The third-order valence-electron chi connectivity index (χ3n) is 4.28. The van der Waals surface area contributed by atoms with E-state index in [2.05, 4.69) is 15.6 Å². The maximum atomic E-state index is 12.3. The Morgan fingerprint density at radius 2 is 1.90 bits per heavy atom. The molecule has 1 heterocycles. The molecule has 162 valence electrons. The molecule has 0 unspecified atom stereocenters. The van der Waals surface area contributed by atoms with Crippen LogP contribution in [0.5, 0.6) is 0 Å². The van der Waals surface area contributed by atoms with E-state index < -0.39 is 42.4 Å². The molecule has 7 N–H and O–H groups in total. The average molecular weight is 436 g/mol. The molecule has 0 saturated heterocycles. The molecule has 11 heteroatoms. The first-order chi connectivity index (χ1) is 14.3. The number of nitrogens with one attached hydrogen (secondary N) is 3. The monoisotopic (exact) mass is 436 g/mol. The number of hydrogen-bond acceptors (Lipinski definition) is 6. The molecule has 10 nitrogen and oxygen atoms in total. The number of aliphatic carboxylic acids is 2. The lowest BCUT2D eigenvalue weighted by Crippen LogP contribution is -2.49. The van der Waals surface area contributed by atoms with Gasteiger partial charge in [-0.25, -0.2) is 0 Å². The summed E-state index contributed by atoms with van der Waals surface area (Å²) in [7, 11) is 0. The Labute approximate surface area is 176 Å². The van der Waals surface area contributed by atoms with Crippen molar-refractivity contribution < 1.29 is 29.4 Å². The second kappa shape index (κ2) is 11.2. The number of carbonyl (C=O) groups is 4. The molecule has 0 aliphatic heterocycles. The van der Waals surface area contributed by atoms with Gasteiger partial charge in [-0.2, -0.15) is 11.8 Å². The van der Waals surface area contributed by atoms with Crippen molar-refractivity contribution >= 4 is 46.4 Å². The molecular formula is C19H24N4O6S. The van der Waals surface area contributed by atoms with E-state index in [9.17, 15) is 19.2 Å². The van der Waals surface area contributed by atoms with E-state index in [1.54, 1.807) is 0 Å². The Hall–Kier alpha value is -3.05. The molecule has 0 saturated carbocycles. The van der Waals surface area contributed by atoms with E-state index in [0.29, 0.717) is 5.75 Å². The van der Waals surface area contributed by atoms with Gasteiger partial charge >= 0.3 is 11.9 Å². The highest BCUT2D eigenvalue weighted by molar-refractivity contribution is 7.98. The average Bonchev–Trinajstić information content (AvgIpc) is 3.12. The van der Waals surface area contributed by atoms with Crippen LogP contribution in [0.3, 0.4) is 0 Å². The standard InChI is InChI=1S/C19H24N4O6S/c20-13(19(28)29)5-6-16(24)23-15(18(27)22-8-17(25)26)10-30-9-11-7-21-14-4-2-1-3-12(11)14/h1-4,7,13,15,21H,5-6,8-10,20H2,(H,22,27)(H,23,24)(H,25,26)(H,28,29)/t13-,15-/m0/s1. The van der Waals surface area contributed by atoms with Crippen LogP contribution in [0, 0.1) is 0 Å². The molecule has 2 aromatic rings. The summed E-state index contributed by atoms with van der Waals surface area (Å²) in [6, 6.07) is 5.64. The van der Waals surface area contributed by atoms with Crippen molar-refractivity contribution in [3.8, 4) is 0 Å². The molecule has 0 aliphatic carbocycles. The first-order valence-corrected chi connectivity index (χ1v) is 10.3. The maximum absolute atomic E-state index is 12.3. The van der Waals surface area contributed by atoms with Gasteiger partial charge in [-0.1, -0.05) is 18.2 Å². The third-order valence-corrected chi connectivity index (χ3v) is 5.37. The van der Waals surface area contributed by atoms with Crippen molar-refractivity contribution in [1.82, 2.24) is 15.6 Å². The van der Waals surface area contributed by atoms with E-state index in [4.69, 9.17) is 15.9 Å². The number of amides is 2. The molecule has 2 rings (SSSR count). The lowest BCUT2D eigenvalue weighted by atomic mass is 10.1. The van der Waals surface area contributed by atoms with Gasteiger partial charge in [-0.15, -0.1) is 0 Å². The number of thioether (sulfide) groups is 1. The van der Waals surface area contributed by atoms with Crippen LogP contribution in [0.4, 0.5) is 0 Å². The van der Waals surface area contributed by atoms with Crippen LogP contribution in [0.15, 0.2) is 30.5 Å². The third kappa shape index (κ3) is 7.08. The number of para-hydroxylation sites is 1. The predicted molar refractivity (Wildman–Crippen MR) is 112 cm³/mol. The second-order valence-electron chi connectivity index (χ2n) is 6.59. The van der Waals surface area contributed by atoms with Crippen LogP contribution in [0.1, 0.15) is 18.4 Å². The zero-order chi connectivity index (χ0) is 22.1. The van der Waals surface area contributed by atoms with Crippen LogP contribution < -0.4 is 16.4 Å². The Kier molecular flexibility index (Phi) is 8.69. The zero-order valence-corrected chi connectivity index (χ0v) is 16.9. The SMILES string of the molecule is N[C@@H](CCC(=O)N[C@@H](CSCc1c[nH]c2ccccc12)C(=O)NCC(=O)O)C(=O)O. The molecule has 30 heavy (non-hydrogen) atoms. The van der Waals surface area contributed by atoms with Crippen molar-refractivity contribution in [2.24, 2.45) is 5.73 Å². The summed E-state index contributed by atoms with van der Waals surface area (Å²) < 4.78 is 0. The van der Waals surface area contributed by atoms with Gasteiger partial charge in [0.25, 0.3) is 0 Å². The smallest absolute Gasteiger partial charge is 0.322 e. The quantitative estimate of drug-likeness (QED) is 0.275. The highest BCUT2D eigenvalue weighted by Crippen LogP contribution is 2.22. The highest BCUT2D eigenvalue weighted by atomic mass is 32.2. The summed E-state index contributed by atoms with van der Waals surface area (Å²) in [5.74, 6) is -2.79. The van der Waals surface area contributed by atoms with Crippen LogP contribution in [-0.4, -0.2) is 63.3 Å². The fourth-order valence-corrected chi connectivity index (χ4v) is 3.73. The maximum Gasteiger partial charge on any atom is 0.322 e. The largest absolute Gasteiger partial charge is 0.480 e. The number of benzene rings is 1. The normalized spacial score (nSPS) is 12.8. The molecule has 1 aromatic heterocycles. The molecular weight excluding hydrogens is 412 g/mol. The number of nitrogens with two attached hydrogens (primary N) is 1. The van der Waals surface area contributed by atoms with E-state index in [1.165, 1.54) is 11.8 Å². The van der Waals surface area contributed by atoms with E-state index in [1.807, 2.05) is 30.5 Å². The number of aromatic amines is 1.